The molecule has 3 aromatic rings. The predicted molar refractivity (Wildman–Crippen MR) is 125 cm³/mol. The lowest BCUT2D eigenvalue weighted by molar-refractivity contribution is 0.0946. The fraction of sp³-hybridized carbons (Fsp3) is 0.360. The molecule has 0 radical (unpaired) electrons. The third-order valence-corrected chi connectivity index (χ3v) is 6.24. The molecular formula is C25H27N5O2. The van der Waals surface area contributed by atoms with Crippen molar-refractivity contribution in [2.24, 2.45) is 4.99 Å². The summed E-state index contributed by atoms with van der Waals surface area (Å²) in [6, 6.07) is 12.7. The van der Waals surface area contributed by atoms with E-state index in [2.05, 4.69) is 21.3 Å². The molecule has 1 fully saturated rings. The van der Waals surface area contributed by atoms with Gasteiger partial charge in [-0.2, -0.15) is 0 Å². The first-order chi connectivity index (χ1) is 15.7. The van der Waals surface area contributed by atoms with Gasteiger partial charge in [0.15, 0.2) is 0 Å². The molecule has 1 aromatic carbocycles. The van der Waals surface area contributed by atoms with Crippen LogP contribution in [0.4, 0.5) is 5.69 Å². The minimum atomic E-state index is -0.361. The van der Waals surface area contributed by atoms with Gasteiger partial charge in [0.2, 0.25) is 0 Å². The Morgan fingerprint density at radius 3 is 2.81 bits per heavy atom. The Kier molecular flexibility index (Phi) is 5.81. The zero-order valence-corrected chi connectivity index (χ0v) is 18.1. The molecule has 0 bridgehead atoms. The van der Waals surface area contributed by atoms with Crippen LogP contribution in [0.5, 0.6) is 0 Å². The monoisotopic (exact) mass is 429 g/mol. The maximum Gasteiger partial charge on any atom is 0.270 e. The summed E-state index contributed by atoms with van der Waals surface area (Å²) < 4.78 is 1.41. The number of hydrogen-bond acceptors (Lipinski definition) is 5. The molecule has 4 heterocycles. The Balaban J connectivity index is 1.21. The van der Waals surface area contributed by atoms with Crippen molar-refractivity contribution < 1.29 is 4.79 Å². The maximum absolute atomic E-state index is 12.6. The number of nitrogens with one attached hydrogen (secondary N) is 1. The number of aromatic nitrogens is 2. The van der Waals surface area contributed by atoms with E-state index in [0.717, 1.165) is 30.6 Å². The summed E-state index contributed by atoms with van der Waals surface area (Å²) in [5.41, 5.74) is 4.79. The van der Waals surface area contributed by atoms with E-state index in [1.165, 1.54) is 54.1 Å². The Hall–Kier alpha value is -3.32. The number of rotatable bonds is 6. The van der Waals surface area contributed by atoms with Gasteiger partial charge in [0.05, 0.1) is 5.69 Å². The molecule has 0 spiro atoms. The molecule has 0 unspecified atom stereocenters. The molecule has 2 aromatic heterocycles. The maximum atomic E-state index is 12.6. The number of fused-ring (bicyclic) bond motifs is 2. The summed E-state index contributed by atoms with van der Waals surface area (Å²) in [6.45, 7) is 3.88. The number of hydrogen-bond donors (Lipinski definition) is 1. The third-order valence-electron chi connectivity index (χ3n) is 6.24. The van der Waals surface area contributed by atoms with Gasteiger partial charge in [0.1, 0.15) is 11.3 Å². The van der Waals surface area contributed by atoms with Crippen molar-refractivity contribution in [3.05, 3.63) is 75.8 Å². The number of pyridine rings is 1. The highest BCUT2D eigenvalue weighted by molar-refractivity contribution is 5.94. The number of piperidine rings is 1. The molecule has 0 atom stereocenters. The van der Waals surface area contributed by atoms with Crippen molar-refractivity contribution in [2.75, 3.05) is 19.6 Å². The first-order valence-electron chi connectivity index (χ1n) is 11.3. The molecule has 0 saturated carbocycles. The van der Waals surface area contributed by atoms with Crippen molar-refractivity contribution >= 4 is 23.0 Å². The van der Waals surface area contributed by atoms with Crippen LogP contribution in [0.25, 0.3) is 5.65 Å². The van der Waals surface area contributed by atoms with Gasteiger partial charge in [-0.1, -0.05) is 24.6 Å². The van der Waals surface area contributed by atoms with Crippen LogP contribution in [-0.2, 0) is 13.0 Å². The lowest BCUT2D eigenvalue weighted by atomic mass is 10.1. The van der Waals surface area contributed by atoms with Gasteiger partial charge in [-0.05, 0) is 61.7 Å². The summed E-state index contributed by atoms with van der Waals surface area (Å²) in [6.07, 6.45) is 7.55. The van der Waals surface area contributed by atoms with Gasteiger partial charge in [0.25, 0.3) is 11.5 Å². The van der Waals surface area contributed by atoms with Crippen molar-refractivity contribution in [1.29, 1.82) is 0 Å². The minimum Gasteiger partial charge on any atom is -0.347 e. The molecule has 1 N–H and O–H groups in total. The van der Waals surface area contributed by atoms with E-state index in [0.29, 0.717) is 12.2 Å². The Morgan fingerprint density at radius 2 is 1.94 bits per heavy atom. The second kappa shape index (κ2) is 9.04. The lowest BCUT2D eigenvalue weighted by Gasteiger charge is -2.26. The second-order valence-corrected chi connectivity index (χ2v) is 8.56. The first-order valence-corrected chi connectivity index (χ1v) is 11.3. The van der Waals surface area contributed by atoms with Crippen molar-refractivity contribution in [1.82, 2.24) is 19.6 Å². The highest BCUT2D eigenvalue weighted by Crippen LogP contribution is 2.29. The van der Waals surface area contributed by atoms with E-state index in [1.54, 1.807) is 24.4 Å². The van der Waals surface area contributed by atoms with Gasteiger partial charge in [-0.3, -0.25) is 19.0 Å². The number of aliphatic imine (C=N–C) groups is 1. The predicted octanol–water partition coefficient (Wildman–Crippen LogP) is 3.13. The summed E-state index contributed by atoms with van der Waals surface area (Å²) in [5, 5.41) is 2.87. The SMILES string of the molecule is O=C(NCc1ccc2c(c1)N=C(CCN1CCCCC1)C2)c1cc(=O)n2ccccc2n1. The van der Waals surface area contributed by atoms with Crippen LogP contribution in [0.15, 0.2) is 58.4 Å². The third kappa shape index (κ3) is 4.48. The Labute approximate surface area is 186 Å². The number of likely N-dealkylation sites (tertiary alicyclic amines) is 1. The quantitative estimate of drug-likeness (QED) is 0.653. The first kappa shape index (κ1) is 20.6. The van der Waals surface area contributed by atoms with Gasteiger partial charge < -0.3 is 10.2 Å². The minimum absolute atomic E-state index is 0.125. The van der Waals surface area contributed by atoms with Crippen LogP contribution in [0.2, 0.25) is 0 Å². The van der Waals surface area contributed by atoms with E-state index < -0.39 is 0 Å². The molecule has 164 valence electrons. The molecule has 7 heteroatoms. The zero-order valence-electron chi connectivity index (χ0n) is 18.1. The summed E-state index contributed by atoms with van der Waals surface area (Å²) in [5.74, 6) is -0.361. The van der Waals surface area contributed by atoms with Crippen LogP contribution in [-0.4, -0.2) is 45.5 Å². The second-order valence-electron chi connectivity index (χ2n) is 8.56. The topological polar surface area (TPSA) is 79.1 Å². The fourth-order valence-electron chi connectivity index (χ4n) is 4.46. The van der Waals surface area contributed by atoms with E-state index in [4.69, 9.17) is 4.99 Å². The molecular weight excluding hydrogens is 402 g/mol. The van der Waals surface area contributed by atoms with E-state index >= 15 is 0 Å². The fourth-order valence-corrected chi connectivity index (χ4v) is 4.46. The average molecular weight is 430 g/mol. The van der Waals surface area contributed by atoms with Crippen molar-refractivity contribution in [3.63, 3.8) is 0 Å². The molecule has 2 aliphatic heterocycles. The molecule has 1 amide bonds. The lowest BCUT2D eigenvalue weighted by Crippen LogP contribution is -2.31. The molecule has 5 rings (SSSR count). The highest BCUT2D eigenvalue weighted by Gasteiger charge is 2.17. The number of nitrogens with zero attached hydrogens (tertiary/aromatic N) is 4. The van der Waals surface area contributed by atoms with E-state index in [9.17, 15) is 9.59 Å². The largest absolute Gasteiger partial charge is 0.347 e. The summed E-state index contributed by atoms with van der Waals surface area (Å²) in [7, 11) is 0. The Morgan fingerprint density at radius 1 is 1.06 bits per heavy atom. The molecule has 0 aliphatic carbocycles. The molecule has 7 nitrogen and oxygen atoms in total. The van der Waals surface area contributed by atoms with Crippen LogP contribution >= 0.6 is 0 Å². The summed E-state index contributed by atoms with van der Waals surface area (Å²) in [4.78, 5) is 36.5. The van der Waals surface area contributed by atoms with Crippen molar-refractivity contribution in [2.45, 2.75) is 38.6 Å². The average Bonchev–Trinajstić information content (AvgIpc) is 3.24. The molecule has 32 heavy (non-hydrogen) atoms. The number of carbonyl (C=O) groups is 1. The van der Waals surface area contributed by atoms with Gasteiger partial charge in [0, 0.05) is 37.5 Å². The number of amides is 1. The normalized spacial score (nSPS) is 16.1. The van der Waals surface area contributed by atoms with Crippen LogP contribution in [0.3, 0.4) is 0 Å². The van der Waals surface area contributed by atoms with Gasteiger partial charge in [-0.15, -0.1) is 0 Å². The molecule has 2 aliphatic rings. The highest BCUT2D eigenvalue weighted by atomic mass is 16.2. The number of carbonyl (C=O) groups excluding carboxylic acids is 1. The van der Waals surface area contributed by atoms with Crippen LogP contribution < -0.4 is 10.9 Å². The summed E-state index contributed by atoms with van der Waals surface area (Å²) >= 11 is 0. The van der Waals surface area contributed by atoms with Crippen LogP contribution in [0, 0.1) is 0 Å². The Bertz CT molecular complexity index is 1240. The zero-order chi connectivity index (χ0) is 21.9. The van der Waals surface area contributed by atoms with Gasteiger partial charge in [-0.25, -0.2) is 4.98 Å². The van der Waals surface area contributed by atoms with Crippen molar-refractivity contribution in [3.8, 4) is 0 Å². The number of benzene rings is 1. The van der Waals surface area contributed by atoms with Crippen LogP contribution in [0.1, 0.15) is 47.3 Å². The molecule has 1 saturated heterocycles. The van der Waals surface area contributed by atoms with E-state index in [-0.39, 0.29) is 17.2 Å². The smallest absolute Gasteiger partial charge is 0.270 e. The van der Waals surface area contributed by atoms with E-state index in [1.807, 2.05) is 12.1 Å². The van der Waals surface area contributed by atoms with Gasteiger partial charge >= 0.3 is 0 Å². The standard InChI is InChI=1S/C25H27N5O2/c31-24-16-22(28-23-6-2-5-12-30(23)24)25(32)26-17-18-7-8-19-15-20(27-21(19)14-18)9-13-29-10-3-1-4-11-29/h2,5-8,12,14,16H,1,3-4,9-11,13,15,17H2,(H,26,32).